The molecule has 5 aliphatic rings. The van der Waals surface area contributed by atoms with Gasteiger partial charge in [0.1, 0.15) is 17.9 Å². The average molecular weight is 659 g/mol. The summed E-state index contributed by atoms with van der Waals surface area (Å²) in [4.78, 5) is 28.5. The Balaban J connectivity index is 0.924. The van der Waals surface area contributed by atoms with Crippen LogP contribution in [0.2, 0.25) is 0 Å². The van der Waals surface area contributed by atoms with Gasteiger partial charge in [-0.3, -0.25) is 4.79 Å². The van der Waals surface area contributed by atoms with Crippen molar-refractivity contribution in [1.82, 2.24) is 24.5 Å². The maximum Gasteiger partial charge on any atom is 0.258 e. The Morgan fingerprint density at radius 3 is 2.63 bits per heavy atom. The predicted octanol–water partition coefficient (Wildman–Crippen LogP) is 2.80. The molecule has 12 nitrogen and oxygen atoms in total. The van der Waals surface area contributed by atoms with Crippen molar-refractivity contribution in [2.45, 2.75) is 68.9 Å². The fourth-order valence-corrected chi connectivity index (χ4v) is 8.76. The third kappa shape index (κ3) is 6.86. The summed E-state index contributed by atoms with van der Waals surface area (Å²) < 4.78 is 59.5. The molecule has 250 valence electrons. The molecule has 1 N–H and O–H groups in total. The van der Waals surface area contributed by atoms with E-state index >= 15 is 0 Å². The number of carbonyl (C=O) groups excluding carboxylic acids is 1. The van der Waals surface area contributed by atoms with Crippen molar-refractivity contribution in [3.8, 4) is 11.5 Å². The van der Waals surface area contributed by atoms with Gasteiger partial charge in [-0.15, -0.1) is 0 Å². The highest BCUT2D eigenvalue weighted by atomic mass is 32.2. The van der Waals surface area contributed by atoms with Crippen LogP contribution in [0.25, 0.3) is 0 Å². The predicted molar refractivity (Wildman–Crippen MR) is 168 cm³/mol. The first kappa shape index (κ1) is 31.7. The number of benzene rings is 1. The number of anilines is 1. The number of piperidine rings is 1. The average Bonchev–Trinajstić information content (AvgIpc) is 3.89. The highest BCUT2D eigenvalue weighted by molar-refractivity contribution is 7.90. The number of rotatable bonds is 9. The van der Waals surface area contributed by atoms with E-state index in [9.17, 15) is 17.6 Å². The first-order chi connectivity index (χ1) is 22.2. The number of aromatic nitrogens is 2. The van der Waals surface area contributed by atoms with Crippen molar-refractivity contribution in [2.24, 2.45) is 5.41 Å². The molecule has 46 heavy (non-hydrogen) atoms. The second kappa shape index (κ2) is 12.9. The minimum atomic E-state index is -3.19. The molecular formula is C32H43FN6O6S. The number of nitrogens with zero attached hydrogens (tertiary/aromatic N) is 5. The minimum Gasteiger partial charge on any atom is -0.451 e. The molecule has 4 saturated heterocycles. The van der Waals surface area contributed by atoms with E-state index in [1.54, 1.807) is 11.1 Å². The minimum absolute atomic E-state index is 0.119. The van der Waals surface area contributed by atoms with Crippen LogP contribution >= 0.6 is 0 Å². The van der Waals surface area contributed by atoms with E-state index in [-0.39, 0.29) is 46.1 Å². The second-order valence-electron chi connectivity index (χ2n) is 13.6. The lowest BCUT2D eigenvalue weighted by Crippen LogP contribution is -2.61. The maximum atomic E-state index is 14.3. The van der Waals surface area contributed by atoms with Crippen LogP contribution in [0, 0.1) is 11.2 Å². The molecule has 2 aromatic rings. The van der Waals surface area contributed by atoms with Crippen molar-refractivity contribution in [2.75, 3.05) is 64.0 Å². The number of ether oxygens (including phenoxy) is 3. The number of likely N-dealkylation sites (tertiary alicyclic amines) is 1. The number of carbonyl (C=O) groups is 1. The fourth-order valence-electron chi connectivity index (χ4n) is 7.16. The molecule has 1 spiro atoms. The molecule has 1 aliphatic carbocycles. The Morgan fingerprint density at radius 2 is 1.91 bits per heavy atom. The third-order valence-electron chi connectivity index (χ3n) is 10.1. The highest BCUT2D eigenvalue weighted by Gasteiger charge is 2.46. The highest BCUT2D eigenvalue weighted by Crippen LogP contribution is 2.45. The molecular weight excluding hydrogens is 615 g/mol. The summed E-state index contributed by atoms with van der Waals surface area (Å²) in [5, 5.41) is -0.204. The summed E-state index contributed by atoms with van der Waals surface area (Å²) in [5.41, 5.74) is 0.356. The number of halogens is 1. The lowest BCUT2D eigenvalue weighted by molar-refractivity contribution is -0.0299. The van der Waals surface area contributed by atoms with Gasteiger partial charge in [-0.05, 0) is 76.7 Å². The first-order valence-electron chi connectivity index (χ1n) is 16.4. The summed E-state index contributed by atoms with van der Waals surface area (Å²) in [6.07, 6.45) is 8.55. The van der Waals surface area contributed by atoms with Crippen LogP contribution in [0.1, 0.15) is 55.8 Å². The van der Waals surface area contributed by atoms with Gasteiger partial charge >= 0.3 is 0 Å². The largest absolute Gasteiger partial charge is 0.451 e. The number of amides is 1. The van der Waals surface area contributed by atoms with E-state index in [2.05, 4.69) is 24.5 Å². The number of hydrogen-bond donors (Lipinski definition) is 1. The molecule has 1 aromatic carbocycles. The number of nitrogens with one attached hydrogen (secondary N) is 1. The monoisotopic (exact) mass is 658 g/mol. The van der Waals surface area contributed by atoms with Gasteiger partial charge in [0.15, 0.2) is 11.6 Å². The topological polar surface area (TPSA) is 126 Å². The number of morpholine rings is 1. The lowest BCUT2D eigenvalue weighted by Gasteiger charge is -2.54. The fraction of sp³-hybridized carbons (Fsp3) is 0.656. The lowest BCUT2D eigenvalue weighted by atomic mass is 9.72. The molecule has 0 unspecified atom stereocenters. The van der Waals surface area contributed by atoms with Crippen molar-refractivity contribution < 1.29 is 31.8 Å². The van der Waals surface area contributed by atoms with Crippen LogP contribution < -0.4 is 14.4 Å². The first-order valence-corrected chi connectivity index (χ1v) is 18.0. The molecule has 4 aliphatic heterocycles. The summed E-state index contributed by atoms with van der Waals surface area (Å²) in [6, 6.07) is 3.76. The van der Waals surface area contributed by atoms with Crippen LogP contribution in [0.15, 0.2) is 30.7 Å². The van der Waals surface area contributed by atoms with E-state index in [4.69, 9.17) is 14.2 Å². The Bertz CT molecular complexity index is 1520. The summed E-state index contributed by atoms with van der Waals surface area (Å²) >= 11 is 0. The van der Waals surface area contributed by atoms with Crippen molar-refractivity contribution >= 4 is 21.7 Å². The van der Waals surface area contributed by atoms with Gasteiger partial charge in [0.25, 0.3) is 5.91 Å². The van der Waals surface area contributed by atoms with Crippen LogP contribution in [0.4, 0.5) is 10.2 Å². The SMILES string of the molecule is C[C@H]1COCCN1C(=O)c1cc(F)ccc1Oc1cncnc1N1CC2(CCN(C[C@@H]3CC[C@@H](NS(=O)(=O)C4CC4)CO3)CC2)C1. The van der Waals surface area contributed by atoms with Gasteiger partial charge in [-0.25, -0.2) is 27.5 Å². The Labute approximate surface area is 269 Å². The van der Waals surface area contributed by atoms with Gasteiger partial charge < -0.3 is 28.9 Å². The van der Waals surface area contributed by atoms with Gasteiger partial charge in [0, 0.05) is 37.6 Å². The zero-order valence-corrected chi connectivity index (χ0v) is 27.1. The zero-order valence-electron chi connectivity index (χ0n) is 26.3. The van der Waals surface area contributed by atoms with Crippen LogP contribution in [-0.2, 0) is 19.5 Å². The summed E-state index contributed by atoms with van der Waals surface area (Å²) in [5.74, 6) is 0.551. The maximum absolute atomic E-state index is 14.3. The summed E-state index contributed by atoms with van der Waals surface area (Å²) in [7, 11) is -3.19. The zero-order chi connectivity index (χ0) is 31.9. The Hall–Kier alpha value is -2.91. The van der Waals surface area contributed by atoms with E-state index in [1.165, 1.54) is 24.5 Å². The van der Waals surface area contributed by atoms with E-state index in [0.717, 1.165) is 71.2 Å². The normalized spacial score (nSPS) is 27.0. The molecule has 3 atom stereocenters. The van der Waals surface area contributed by atoms with E-state index < -0.39 is 15.8 Å². The number of sulfonamides is 1. The molecule has 5 heterocycles. The summed E-state index contributed by atoms with van der Waals surface area (Å²) in [6.45, 7) is 8.18. The molecule has 1 amide bonds. The van der Waals surface area contributed by atoms with Gasteiger partial charge in [-0.2, -0.15) is 0 Å². The molecule has 7 rings (SSSR count). The van der Waals surface area contributed by atoms with Crippen LogP contribution in [0.5, 0.6) is 11.5 Å². The van der Waals surface area contributed by atoms with Gasteiger partial charge in [0.2, 0.25) is 10.0 Å². The van der Waals surface area contributed by atoms with Crippen LogP contribution in [-0.4, -0.2) is 117 Å². The standard InChI is InChI=1S/C32H43FN6O6S/c1-22-17-43-13-12-39(22)31(40)27-14-23(33)2-7-28(27)45-29-15-34-21-35-30(29)38-19-32(20-38)8-10-37(11-9-32)16-25-4-3-24(18-44-25)36-46(41,42)26-5-6-26/h2,7,14-15,21-22,24-26,36H,3-6,8-13,16-20H2,1H3/t22-,24+,25-/m0/s1. The van der Waals surface area contributed by atoms with E-state index in [0.29, 0.717) is 37.9 Å². The second-order valence-corrected chi connectivity index (χ2v) is 15.6. The Kier molecular flexibility index (Phi) is 8.92. The van der Waals surface area contributed by atoms with Gasteiger partial charge in [0.05, 0.1) is 49.0 Å². The van der Waals surface area contributed by atoms with Crippen molar-refractivity contribution in [1.29, 1.82) is 0 Å². The third-order valence-corrected chi connectivity index (χ3v) is 12.1. The Morgan fingerprint density at radius 1 is 1.11 bits per heavy atom. The van der Waals surface area contributed by atoms with Gasteiger partial charge in [-0.1, -0.05) is 0 Å². The molecule has 0 bridgehead atoms. The van der Waals surface area contributed by atoms with Crippen LogP contribution in [0.3, 0.4) is 0 Å². The smallest absolute Gasteiger partial charge is 0.258 e. The molecule has 5 fully saturated rings. The molecule has 14 heteroatoms. The molecule has 1 saturated carbocycles. The molecule has 0 radical (unpaired) electrons. The quantitative estimate of drug-likeness (QED) is 0.430. The molecule has 1 aromatic heterocycles. The van der Waals surface area contributed by atoms with E-state index in [1.807, 2.05) is 6.92 Å². The van der Waals surface area contributed by atoms with Crippen molar-refractivity contribution in [3.05, 3.63) is 42.1 Å². The number of hydrogen-bond acceptors (Lipinski definition) is 10. The van der Waals surface area contributed by atoms with Crippen molar-refractivity contribution in [3.63, 3.8) is 0 Å².